The van der Waals surface area contributed by atoms with Crippen molar-refractivity contribution in [1.29, 1.82) is 0 Å². The van der Waals surface area contributed by atoms with Crippen LogP contribution in [0.3, 0.4) is 0 Å². The van der Waals surface area contributed by atoms with Gasteiger partial charge in [-0.05, 0) is 63.1 Å². The van der Waals surface area contributed by atoms with E-state index in [1.54, 1.807) is 0 Å². The number of allylic oxidation sites excluding steroid dienone is 4. The molecule has 0 bridgehead atoms. The van der Waals surface area contributed by atoms with Crippen molar-refractivity contribution in [1.82, 2.24) is 24.1 Å². The first kappa shape index (κ1) is 19.2. The Kier molecular flexibility index (Phi) is 4.03. The Labute approximate surface area is 196 Å². The molecular formula is C29H23N5. The molecule has 1 aliphatic carbocycles. The number of hydrogen-bond acceptors (Lipinski definition) is 3. The minimum absolute atomic E-state index is 0.839. The summed E-state index contributed by atoms with van der Waals surface area (Å²) in [6, 6.07) is 21.1. The Hall–Kier alpha value is -4.25. The maximum Gasteiger partial charge on any atom is 0.166 e. The summed E-state index contributed by atoms with van der Waals surface area (Å²) in [4.78, 5) is 15.3. The van der Waals surface area contributed by atoms with Crippen LogP contribution < -0.4 is 0 Å². The molecular weight excluding hydrogens is 418 g/mol. The first-order valence-corrected chi connectivity index (χ1v) is 11.7. The monoisotopic (exact) mass is 441 g/mol. The van der Waals surface area contributed by atoms with E-state index in [1.807, 2.05) is 12.3 Å². The Morgan fingerprint density at radius 2 is 1.44 bits per heavy atom. The molecule has 2 aromatic carbocycles. The molecule has 4 aromatic heterocycles. The molecule has 0 saturated carbocycles. The predicted octanol–water partition coefficient (Wildman–Crippen LogP) is 6.97. The first-order chi connectivity index (χ1) is 16.7. The van der Waals surface area contributed by atoms with Gasteiger partial charge < -0.3 is 0 Å². The molecule has 0 atom stereocenters. The number of rotatable bonds is 2. The topological polar surface area (TPSA) is 48.5 Å². The zero-order valence-electron chi connectivity index (χ0n) is 19.2. The summed E-state index contributed by atoms with van der Waals surface area (Å²) in [7, 11) is 0. The molecule has 4 heterocycles. The lowest BCUT2D eigenvalue weighted by atomic mass is 10.0. The van der Waals surface area contributed by atoms with Crippen molar-refractivity contribution in [3.8, 4) is 5.69 Å². The van der Waals surface area contributed by atoms with E-state index in [9.17, 15) is 0 Å². The van der Waals surface area contributed by atoms with Crippen LogP contribution in [0.2, 0.25) is 0 Å². The van der Waals surface area contributed by atoms with Crippen molar-refractivity contribution >= 4 is 50.0 Å². The summed E-state index contributed by atoms with van der Waals surface area (Å²) in [5.41, 5.74) is 11.5. The molecule has 0 saturated heterocycles. The molecule has 1 aliphatic rings. The van der Waals surface area contributed by atoms with Gasteiger partial charge in [0.2, 0.25) is 0 Å². The van der Waals surface area contributed by atoms with Crippen LogP contribution in [0.4, 0.5) is 0 Å². The zero-order valence-corrected chi connectivity index (χ0v) is 19.2. The van der Waals surface area contributed by atoms with E-state index in [0.717, 1.165) is 62.8 Å². The number of pyridine rings is 1. The van der Waals surface area contributed by atoms with Gasteiger partial charge >= 0.3 is 0 Å². The quantitative estimate of drug-likeness (QED) is 0.292. The van der Waals surface area contributed by atoms with Gasteiger partial charge in [-0.25, -0.2) is 9.97 Å². The second-order valence-corrected chi connectivity index (χ2v) is 9.13. The normalized spacial score (nSPS) is 14.3. The van der Waals surface area contributed by atoms with E-state index >= 15 is 0 Å². The van der Waals surface area contributed by atoms with Crippen LogP contribution in [0.1, 0.15) is 25.3 Å². The molecule has 0 unspecified atom stereocenters. The van der Waals surface area contributed by atoms with Crippen molar-refractivity contribution in [3.05, 3.63) is 90.1 Å². The Bertz CT molecular complexity index is 1810. The molecule has 6 aromatic rings. The molecule has 0 radical (unpaired) electrons. The van der Waals surface area contributed by atoms with Crippen LogP contribution >= 0.6 is 0 Å². The second kappa shape index (κ2) is 7.12. The van der Waals surface area contributed by atoms with E-state index < -0.39 is 0 Å². The van der Waals surface area contributed by atoms with E-state index in [4.69, 9.17) is 15.0 Å². The van der Waals surface area contributed by atoms with Gasteiger partial charge in [-0.3, -0.25) is 14.1 Å². The van der Waals surface area contributed by atoms with Gasteiger partial charge in [0.05, 0.1) is 11.0 Å². The number of hydrogen-bond donors (Lipinski definition) is 0. The van der Waals surface area contributed by atoms with Gasteiger partial charge in [0.25, 0.3) is 0 Å². The molecule has 0 aliphatic heterocycles. The molecule has 34 heavy (non-hydrogen) atoms. The summed E-state index contributed by atoms with van der Waals surface area (Å²) >= 11 is 0. The lowest BCUT2D eigenvalue weighted by molar-refractivity contribution is 0.923. The van der Waals surface area contributed by atoms with E-state index in [-0.39, 0.29) is 0 Å². The van der Waals surface area contributed by atoms with Crippen LogP contribution in [-0.2, 0) is 0 Å². The Morgan fingerprint density at radius 1 is 0.676 bits per heavy atom. The number of para-hydroxylation sites is 1. The van der Waals surface area contributed by atoms with Crippen molar-refractivity contribution in [2.24, 2.45) is 0 Å². The van der Waals surface area contributed by atoms with Crippen molar-refractivity contribution in [2.75, 3.05) is 0 Å². The average molecular weight is 442 g/mol. The molecule has 5 heteroatoms. The summed E-state index contributed by atoms with van der Waals surface area (Å²) in [5, 5.41) is 1.10. The van der Waals surface area contributed by atoms with Crippen LogP contribution in [0, 0.1) is 6.92 Å². The standard InChI is InChI=1S/C29H23N5/c1-18-9-13-20(14-10-18)33-23-7-4-3-6-22(23)25-28(33)32-27-26-24(8-5-17-30-26)34(29(27)31-25)21-15-11-19(2)12-16-21/h3-11,13-15,17H,12,16H2,1-2H3. The minimum atomic E-state index is 0.839. The van der Waals surface area contributed by atoms with E-state index in [0.29, 0.717) is 0 Å². The van der Waals surface area contributed by atoms with Crippen LogP contribution in [0.15, 0.2) is 84.6 Å². The summed E-state index contributed by atoms with van der Waals surface area (Å²) < 4.78 is 4.47. The van der Waals surface area contributed by atoms with Crippen LogP contribution in [0.5, 0.6) is 0 Å². The highest BCUT2D eigenvalue weighted by Gasteiger charge is 2.22. The third-order valence-electron chi connectivity index (χ3n) is 6.85. The molecule has 0 spiro atoms. The molecule has 164 valence electrons. The highest BCUT2D eigenvalue weighted by atomic mass is 15.1. The zero-order chi connectivity index (χ0) is 22.8. The number of aryl methyl sites for hydroxylation is 1. The van der Waals surface area contributed by atoms with E-state index in [2.05, 4.69) is 89.7 Å². The molecule has 0 N–H and O–H groups in total. The van der Waals surface area contributed by atoms with Gasteiger partial charge in [-0.2, -0.15) is 0 Å². The average Bonchev–Trinajstić information content (AvgIpc) is 3.36. The summed E-state index contributed by atoms with van der Waals surface area (Å²) in [6.45, 7) is 4.29. The number of benzene rings is 2. The lowest BCUT2D eigenvalue weighted by Gasteiger charge is -2.15. The smallest absolute Gasteiger partial charge is 0.166 e. The third-order valence-corrected chi connectivity index (χ3v) is 6.85. The fraction of sp³-hybridized carbons (Fsp3) is 0.138. The fourth-order valence-electron chi connectivity index (χ4n) is 5.09. The SMILES string of the molecule is CC1=CC=C(n2c3cccnc3c3nc4c(nc32)c2ccccc2n4-c2ccc(C)cc2)CC1. The predicted molar refractivity (Wildman–Crippen MR) is 139 cm³/mol. The summed E-state index contributed by atoms with van der Waals surface area (Å²) in [5.74, 6) is 0. The maximum atomic E-state index is 5.28. The van der Waals surface area contributed by atoms with Crippen LogP contribution in [0.25, 0.3) is 55.6 Å². The molecule has 5 nitrogen and oxygen atoms in total. The molecule has 0 amide bonds. The largest absolute Gasteiger partial charge is 0.295 e. The molecule has 0 fully saturated rings. The highest BCUT2D eigenvalue weighted by Crippen LogP contribution is 2.36. The maximum absolute atomic E-state index is 5.28. The van der Waals surface area contributed by atoms with Crippen LogP contribution in [-0.4, -0.2) is 24.1 Å². The number of aromatic nitrogens is 5. The van der Waals surface area contributed by atoms with Gasteiger partial charge in [0.15, 0.2) is 11.3 Å². The first-order valence-electron chi connectivity index (χ1n) is 11.7. The summed E-state index contributed by atoms with van der Waals surface area (Å²) in [6.07, 6.45) is 8.29. The second-order valence-electron chi connectivity index (χ2n) is 9.13. The minimum Gasteiger partial charge on any atom is -0.295 e. The van der Waals surface area contributed by atoms with Gasteiger partial charge in [0.1, 0.15) is 16.6 Å². The Balaban J connectivity index is 1.64. The van der Waals surface area contributed by atoms with Gasteiger partial charge in [-0.1, -0.05) is 47.5 Å². The fourth-order valence-corrected chi connectivity index (χ4v) is 5.09. The van der Waals surface area contributed by atoms with Gasteiger partial charge in [0, 0.05) is 23.0 Å². The third kappa shape index (κ3) is 2.70. The van der Waals surface area contributed by atoms with Crippen molar-refractivity contribution in [2.45, 2.75) is 26.7 Å². The highest BCUT2D eigenvalue weighted by molar-refractivity contribution is 6.11. The lowest BCUT2D eigenvalue weighted by Crippen LogP contribution is -2.02. The Morgan fingerprint density at radius 3 is 2.26 bits per heavy atom. The molecule has 7 rings (SSSR count). The van der Waals surface area contributed by atoms with Crippen molar-refractivity contribution in [3.63, 3.8) is 0 Å². The number of fused-ring (bicyclic) bond motifs is 6. The van der Waals surface area contributed by atoms with Crippen molar-refractivity contribution < 1.29 is 0 Å². The number of nitrogens with zero attached hydrogens (tertiary/aromatic N) is 5. The van der Waals surface area contributed by atoms with Gasteiger partial charge in [-0.15, -0.1) is 0 Å². The van der Waals surface area contributed by atoms with E-state index in [1.165, 1.54) is 16.8 Å².